The lowest BCUT2D eigenvalue weighted by Crippen LogP contribution is -2.23. The molecule has 0 aliphatic heterocycles. The minimum atomic E-state index is -3.76. The summed E-state index contributed by atoms with van der Waals surface area (Å²) in [6.07, 6.45) is 3.23. The maximum absolute atomic E-state index is 12.8. The van der Waals surface area contributed by atoms with Crippen LogP contribution in [0.1, 0.15) is 16.1 Å². The van der Waals surface area contributed by atoms with Crippen molar-refractivity contribution in [3.63, 3.8) is 0 Å². The Labute approximate surface area is 168 Å². The summed E-state index contributed by atoms with van der Waals surface area (Å²) in [5.41, 5.74) is 1.85. The summed E-state index contributed by atoms with van der Waals surface area (Å²) in [4.78, 5) is 12.8. The van der Waals surface area contributed by atoms with Crippen LogP contribution in [-0.2, 0) is 23.6 Å². The first-order valence-corrected chi connectivity index (χ1v) is 10.4. The quantitative estimate of drug-likeness (QED) is 0.510. The van der Waals surface area contributed by atoms with Crippen LogP contribution in [0.25, 0.3) is 10.9 Å². The molecule has 2 N–H and O–H groups in total. The predicted octanol–water partition coefficient (Wildman–Crippen LogP) is 3.50. The number of furan rings is 1. The highest BCUT2D eigenvalue weighted by molar-refractivity contribution is 7.89. The molecule has 29 heavy (non-hydrogen) atoms. The Balaban J connectivity index is 1.54. The number of carbonyl (C=O) groups excluding carboxylic acids is 1. The van der Waals surface area contributed by atoms with Crippen LogP contribution in [-0.4, -0.2) is 18.9 Å². The molecule has 1 amide bonds. The lowest BCUT2D eigenvalue weighted by Gasteiger charge is -2.09. The third kappa shape index (κ3) is 3.94. The standard InChI is InChI=1S/C21H19N3O4S/c1-24-14-19(18-9-2-3-10-20(18)24)21(25)23-15-6-4-8-17(12-15)29(26,27)22-13-16-7-5-11-28-16/h2-12,14,22H,13H2,1H3,(H,23,25). The fraction of sp³-hybridized carbons (Fsp3) is 0.0952. The van der Waals surface area contributed by atoms with Gasteiger partial charge in [-0.05, 0) is 36.4 Å². The molecule has 2 aromatic heterocycles. The summed E-state index contributed by atoms with van der Waals surface area (Å²) in [7, 11) is -1.88. The van der Waals surface area contributed by atoms with Gasteiger partial charge in [-0.2, -0.15) is 0 Å². The first-order chi connectivity index (χ1) is 13.9. The minimum Gasteiger partial charge on any atom is -0.468 e. The van der Waals surface area contributed by atoms with Crippen molar-refractivity contribution in [1.82, 2.24) is 9.29 Å². The maximum atomic E-state index is 12.8. The predicted molar refractivity (Wildman–Crippen MR) is 110 cm³/mol. The van der Waals surface area contributed by atoms with Crippen molar-refractivity contribution in [2.24, 2.45) is 7.05 Å². The van der Waals surface area contributed by atoms with Crippen molar-refractivity contribution < 1.29 is 17.6 Å². The van der Waals surface area contributed by atoms with Crippen LogP contribution in [0, 0.1) is 0 Å². The summed E-state index contributed by atoms with van der Waals surface area (Å²) in [5.74, 6) is 0.203. The minimum absolute atomic E-state index is 0.0436. The maximum Gasteiger partial charge on any atom is 0.257 e. The van der Waals surface area contributed by atoms with E-state index in [-0.39, 0.29) is 17.3 Å². The molecule has 8 heteroatoms. The van der Waals surface area contributed by atoms with Gasteiger partial charge in [0.05, 0.1) is 23.3 Å². The normalized spacial score (nSPS) is 11.6. The number of hydrogen-bond donors (Lipinski definition) is 2. The van der Waals surface area contributed by atoms with Crippen molar-refractivity contribution in [3.8, 4) is 0 Å². The molecule has 0 saturated carbocycles. The SMILES string of the molecule is Cn1cc(C(=O)Nc2cccc(S(=O)(=O)NCc3ccco3)c2)c2ccccc21. The number of carbonyl (C=O) groups is 1. The molecule has 2 heterocycles. The molecule has 0 bridgehead atoms. The first kappa shape index (κ1) is 19.0. The van der Waals surface area contributed by atoms with Gasteiger partial charge < -0.3 is 14.3 Å². The number of rotatable bonds is 6. The Hall–Kier alpha value is -3.36. The highest BCUT2D eigenvalue weighted by Gasteiger charge is 2.17. The number of hydrogen-bond acceptors (Lipinski definition) is 4. The van der Waals surface area contributed by atoms with E-state index in [9.17, 15) is 13.2 Å². The third-order valence-electron chi connectivity index (χ3n) is 4.56. The molecule has 0 spiro atoms. The first-order valence-electron chi connectivity index (χ1n) is 8.91. The van der Waals surface area contributed by atoms with Crippen molar-refractivity contribution in [2.45, 2.75) is 11.4 Å². The van der Waals surface area contributed by atoms with Crippen molar-refractivity contribution in [2.75, 3.05) is 5.32 Å². The van der Waals surface area contributed by atoms with E-state index in [1.165, 1.54) is 18.4 Å². The highest BCUT2D eigenvalue weighted by Crippen LogP contribution is 2.22. The topological polar surface area (TPSA) is 93.3 Å². The van der Waals surface area contributed by atoms with Gasteiger partial charge in [0, 0.05) is 29.8 Å². The van der Waals surface area contributed by atoms with Gasteiger partial charge in [0.2, 0.25) is 10.0 Å². The van der Waals surface area contributed by atoms with Gasteiger partial charge in [0.15, 0.2) is 0 Å². The molecule has 0 aliphatic carbocycles. The molecule has 0 aliphatic rings. The van der Waals surface area contributed by atoms with Crippen molar-refractivity contribution >= 4 is 32.5 Å². The van der Waals surface area contributed by atoms with E-state index in [0.29, 0.717) is 17.0 Å². The van der Waals surface area contributed by atoms with Gasteiger partial charge in [0.1, 0.15) is 5.76 Å². The molecule has 4 aromatic rings. The zero-order chi connectivity index (χ0) is 20.4. The van der Waals surface area contributed by atoms with E-state index in [0.717, 1.165) is 10.9 Å². The number of sulfonamides is 1. The van der Waals surface area contributed by atoms with Gasteiger partial charge in [0.25, 0.3) is 5.91 Å². The number of para-hydroxylation sites is 1. The average Bonchev–Trinajstić information content (AvgIpc) is 3.35. The molecule has 0 unspecified atom stereocenters. The van der Waals surface area contributed by atoms with Gasteiger partial charge in [-0.25, -0.2) is 13.1 Å². The molecular weight excluding hydrogens is 390 g/mol. The molecular formula is C21H19N3O4S. The average molecular weight is 409 g/mol. The second-order valence-electron chi connectivity index (χ2n) is 6.56. The number of anilines is 1. The Morgan fingerprint density at radius 3 is 2.69 bits per heavy atom. The summed E-state index contributed by atoms with van der Waals surface area (Å²) >= 11 is 0. The zero-order valence-corrected chi connectivity index (χ0v) is 16.4. The van der Waals surface area contributed by atoms with Gasteiger partial charge in [-0.15, -0.1) is 0 Å². The Kier molecular flexibility index (Phi) is 4.96. The third-order valence-corrected chi connectivity index (χ3v) is 5.96. The fourth-order valence-electron chi connectivity index (χ4n) is 3.12. The van der Waals surface area contributed by atoms with Crippen LogP contribution in [0.5, 0.6) is 0 Å². The number of nitrogens with one attached hydrogen (secondary N) is 2. The number of nitrogens with zero attached hydrogens (tertiary/aromatic N) is 1. The molecule has 4 rings (SSSR count). The molecule has 148 valence electrons. The number of amides is 1. The van der Waals surface area contributed by atoms with E-state index in [4.69, 9.17) is 4.42 Å². The fourth-order valence-corrected chi connectivity index (χ4v) is 4.16. The van der Waals surface area contributed by atoms with Crippen LogP contribution in [0.4, 0.5) is 5.69 Å². The molecule has 2 aromatic carbocycles. The van der Waals surface area contributed by atoms with Gasteiger partial charge in [-0.1, -0.05) is 24.3 Å². The molecule has 7 nitrogen and oxygen atoms in total. The zero-order valence-electron chi connectivity index (χ0n) is 15.6. The number of aromatic nitrogens is 1. The van der Waals surface area contributed by atoms with E-state index >= 15 is 0 Å². The number of fused-ring (bicyclic) bond motifs is 1. The smallest absolute Gasteiger partial charge is 0.257 e. The summed E-state index contributed by atoms with van der Waals surface area (Å²) in [6, 6.07) is 17.1. The van der Waals surface area contributed by atoms with Crippen LogP contribution in [0.3, 0.4) is 0 Å². The Morgan fingerprint density at radius 2 is 1.90 bits per heavy atom. The number of aryl methyl sites for hydroxylation is 1. The summed E-state index contributed by atoms with van der Waals surface area (Å²) < 4.78 is 34.6. The largest absolute Gasteiger partial charge is 0.468 e. The summed E-state index contributed by atoms with van der Waals surface area (Å²) in [6.45, 7) is 0.0436. The second kappa shape index (κ2) is 7.57. The van der Waals surface area contributed by atoms with Gasteiger partial charge >= 0.3 is 0 Å². The van der Waals surface area contributed by atoms with E-state index in [1.54, 1.807) is 30.5 Å². The second-order valence-corrected chi connectivity index (χ2v) is 8.32. The Bertz CT molecular complexity index is 1270. The van der Waals surface area contributed by atoms with Crippen molar-refractivity contribution in [1.29, 1.82) is 0 Å². The van der Waals surface area contributed by atoms with E-state index in [2.05, 4.69) is 10.0 Å². The van der Waals surface area contributed by atoms with E-state index < -0.39 is 10.0 Å². The molecule has 0 radical (unpaired) electrons. The lowest BCUT2D eigenvalue weighted by molar-refractivity contribution is 0.102. The van der Waals surface area contributed by atoms with Crippen LogP contribution >= 0.6 is 0 Å². The van der Waals surface area contributed by atoms with Gasteiger partial charge in [-0.3, -0.25) is 4.79 Å². The van der Waals surface area contributed by atoms with Crippen LogP contribution in [0.2, 0.25) is 0 Å². The van der Waals surface area contributed by atoms with Crippen LogP contribution < -0.4 is 10.0 Å². The molecule has 0 saturated heterocycles. The Morgan fingerprint density at radius 1 is 1.07 bits per heavy atom. The lowest BCUT2D eigenvalue weighted by atomic mass is 10.1. The monoisotopic (exact) mass is 409 g/mol. The van der Waals surface area contributed by atoms with Crippen molar-refractivity contribution in [3.05, 3.63) is 84.4 Å². The highest BCUT2D eigenvalue weighted by atomic mass is 32.2. The van der Waals surface area contributed by atoms with Crippen LogP contribution in [0.15, 0.2) is 82.4 Å². The molecule has 0 fully saturated rings. The summed E-state index contributed by atoms with van der Waals surface area (Å²) in [5, 5.41) is 3.61. The number of benzene rings is 2. The van der Waals surface area contributed by atoms with E-state index in [1.807, 2.05) is 35.9 Å². The molecule has 0 atom stereocenters.